The third-order valence-electron chi connectivity index (χ3n) is 5.66. The smallest absolute Gasteiger partial charge is 0.0897 e. The van der Waals surface area contributed by atoms with Crippen LogP contribution in [-0.2, 0) is 0 Å². The summed E-state index contributed by atoms with van der Waals surface area (Å²) in [4.78, 5) is 9.62. The van der Waals surface area contributed by atoms with Gasteiger partial charge in [-0.25, -0.2) is 4.98 Å². The Morgan fingerprint density at radius 3 is 2.22 bits per heavy atom. The second kappa shape index (κ2) is 5.16. The molecule has 23 heavy (non-hydrogen) atoms. The van der Waals surface area contributed by atoms with Gasteiger partial charge in [-0.15, -0.1) is 0 Å². The van der Waals surface area contributed by atoms with Crippen LogP contribution in [0.3, 0.4) is 0 Å². The lowest BCUT2D eigenvalue weighted by Crippen LogP contribution is -2.11. The number of aromatic nitrogens is 2. The number of hydrogen-bond acceptors (Lipinski definition) is 2. The number of benzene rings is 2. The molecule has 2 bridgehead atoms. The maximum Gasteiger partial charge on any atom is 0.0897 e. The first-order valence-electron chi connectivity index (χ1n) is 8.74. The molecule has 1 heterocycles. The third kappa shape index (κ3) is 2.16. The van der Waals surface area contributed by atoms with E-state index >= 15 is 0 Å². The van der Waals surface area contributed by atoms with E-state index in [1.807, 2.05) is 12.3 Å². The molecule has 1 saturated carbocycles. The molecule has 6 rings (SSSR count). The van der Waals surface area contributed by atoms with Crippen LogP contribution >= 0.6 is 0 Å². The van der Waals surface area contributed by atoms with E-state index < -0.39 is 0 Å². The second-order valence-electron chi connectivity index (χ2n) is 6.99. The van der Waals surface area contributed by atoms with Crippen LogP contribution < -0.4 is 0 Å². The van der Waals surface area contributed by atoms with Crippen molar-refractivity contribution in [2.24, 2.45) is 0 Å². The van der Waals surface area contributed by atoms with Crippen molar-refractivity contribution < 1.29 is 0 Å². The lowest BCUT2D eigenvalue weighted by molar-refractivity contribution is 0.528. The van der Waals surface area contributed by atoms with Crippen LogP contribution in [0.5, 0.6) is 0 Å². The second-order valence-corrected chi connectivity index (χ2v) is 6.99. The molecule has 2 heteroatoms. The Hall–Kier alpha value is -2.22. The van der Waals surface area contributed by atoms with Crippen molar-refractivity contribution in [3.63, 3.8) is 0 Å². The minimum atomic E-state index is 0.746. The molecule has 0 spiro atoms. The Balaban J connectivity index is 1.68. The zero-order chi connectivity index (χ0) is 15.2. The molecule has 2 atom stereocenters. The van der Waals surface area contributed by atoms with Crippen molar-refractivity contribution in [1.82, 2.24) is 9.97 Å². The number of rotatable bonds is 1. The first-order valence-corrected chi connectivity index (χ1v) is 8.74. The summed E-state index contributed by atoms with van der Waals surface area (Å²) < 4.78 is 0. The summed E-state index contributed by atoms with van der Waals surface area (Å²) in [6.07, 6.45) is 8.70. The maximum atomic E-state index is 4.91. The summed E-state index contributed by atoms with van der Waals surface area (Å²) in [6, 6.07) is 15.0. The molecule has 2 nitrogen and oxygen atoms in total. The van der Waals surface area contributed by atoms with Crippen molar-refractivity contribution in [1.29, 1.82) is 0 Å². The summed E-state index contributed by atoms with van der Waals surface area (Å²) in [6.45, 7) is 0. The summed E-state index contributed by atoms with van der Waals surface area (Å²) in [5.41, 5.74) is 7.34. The minimum Gasteiger partial charge on any atom is -0.252 e. The molecule has 3 aliphatic carbocycles. The summed E-state index contributed by atoms with van der Waals surface area (Å²) in [7, 11) is 0. The number of nitrogens with zero attached hydrogens (tertiary/aromatic N) is 2. The van der Waals surface area contributed by atoms with E-state index in [0.717, 1.165) is 34.1 Å². The largest absolute Gasteiger partial charge is 0.252 e. The zero-order valence-electron chi connectivity index (χ0n) is 13.2. The van der Waals surface area contributed by atoms with Gasteiger partial charge in [-0.05, 0) is 60.8 Å². The Bertz CT molecular complexity index is 866. The third-order valence-corrected chi connectivity index (χ3v) is 5.66. The van der Waals surface area contributed by atoms with E-state index in [1.165, 1.54) is 32.1 Å². The van der Waals surface area contributed by atoms with Gasteiger partial charge in [-0.1, -0.05) is 36.8 Å². The molecule has 114 valence electrons. The summed E-state index contributed by atoms with van der Waals surface area (Å²) in [5.74, 6) is 1.50. The van der Waals surface area contributed by atoms with E-state index in [4.69, 9.17) is 9.97 Å². The average Bonchev–Trinajstić information content (AvgIpc) is 2.95. The Morgan fingerprint density at radius 2 is 1.48 bits per heavy atom. The molecule has 3 aliphatic rings. The van der Waals surface area contributed by atoms with Gasteiger partial charge in [0.25, 0.3) is 0 Å². The van der Waals surface area contributed by atoms with Crippen LogP contribution in [0.2, 0.25) is 0 Å². The van der Waals surface area contributed by atoms with Crippen LogP contribution in [0.25, 0.3) is 22.3 Å². The monoisotopic (exact) mass is 300 g/mol. The topological polar surface area (TPSA) is 25.8 Å². The van der Waals surface area contributed by atoms with Crippen LogP contribution in [0.1, 0.15) is 55.1 Å². The predicted molar refractivity (Wildman–Crippen MR) is 93.5 cm³/mol. The highest BCUT2D eigenvalue weighted by Gasteiger charge is 2.30. The highest BCUT2D eigenvalue weighted by molar-refractivity contribution is 5.79. The van der Waals surface area contributed by atoms with Gasteiger partial charge in [0, 0.05) is 5.56 Å². The van der Waals surface area contributed by atoms with Crippen molar-refractivity contribution in [3.8, 4) is 11.3 Å². The molecule has 3 aromatic rings. The molecule has 0 amide bonds. The van der Waals surface area contributed by atoms with Gasteiger partial charge in [-0.2, -0.15) is 0 Å². The molecule has 0 aliphatic heterocycles. The first-order chi connectivity index (χ1) is 11.4. The highest BCUT2D eigenvalue weighted by atomic mass is 14.8. The highest BCUT2D eigenvalue weighted by Crippen LogP contribution is 2.47. The summed E-state index contributed by atoms with van der Waals surface area (Å²) in [5, 5.41) is 0. The Kier molecular flexibility index (Phi) is 2.97. The van der Waals surface area contributed by atoms with E-state index in [9.17, 15) is 0 Å². The van der Waals surface area contributed by atoms with Gasteiger partial charge in [-0.3, -0.25) is 4.98 Å². The zero-order valence-corrected chi connectivity index (χ0v) is 13.2. The van der Waals surface area contributed by atoms with E-state index in [1.54, 1.807) is 11.1 Å². The van der Waals surface area contributed by atoms with Gasteiger partial charge < -0.3 is 0 Å². The van der Waals surface area contributed by atoms with E-state index in [-0.39, 0.29) is 0 Å². The van der Waals surface area contributed by atoms with Gasteiger partial charge in [0.2, 0.25) is 0 Å². The van der Waals surface area contributed by atoms with Crippen molar-refractivity contribution in [2.45, 2.75) is 43.9 Å². The minimum absolute atomic E-state index is 0.746. The van der Waals surface area contributed by atoms with Crippen molar-refractivity contribution >= 4 is 11.0 Å². The Morgan fingerprint density at radius 1 is 0.783 bits per heavy atom. The van der Waals surface area contributed by atoms with Crippen LogP contribution in [0, 0.1) is 0 Å². The van der Waals surface area contributed by atoms with Crippen molar-refractivity contribution in [3.05, 3.63) is 59.8 Å². The molecule has 1 aromatic heterocycles. The molecular weight excluding hydrogens is 280 g/mol. The fourth-order valence-corrected chi connectivity index (χ4v) is 4.47. The van der Waals surface area contributed by atoms with Gasteiger partial charge in [0.05, 0.1) is 22.9 Å². The normalized spacial score (nSPS) is 22.8. The van der Waals surface area contributed by atoms with E-state index in [0.29, 0.717) is 0 Å². The van der Waals surface area contributed by atoms with E-state index in [2.05, 4.69) is 36.4 Å². The predicted octanol–water partition coefficient (Wildman–Crippen LogP) is 5.44. The SMILES string of the molecule is c1ccc(-c2cnc3cc4c(cc3n2)C2CCCC4CC2)cc1. The van der Waals surface area contributed by atoms with Gasteiger partial charge >= 0.3 is 0 Å². The van der Waals surface area contributed by atoms with Crippen LogP contribution in [0.4, 0.5) is 0 Å². The van der Waals surface area contributed by atoms with Gasteiger partial charge in [0.15, 0.2) is 0 Å². The Labute approximate surface area is 136 Å². The lowest BCUT2D eigenvalue weighted by Gasteiger charge is -2.27. The van der Waals surface area contributed by atoms with Crippen molar-refractivity contribution in [2.75, 3.05) is 0 Å². The molecule has 2 unspecified atom stereocenters. The number of hydrogen-bond donors (Lipinski definition) is 0. The van der Waals surface area contributed by atoms with Gasteiger partial charge in [0.1, 0.15) is 0 Å². The molecule has 0 N–H and O–H groups in total. The standard InChI is InChI=1S/C21H20N2/c1-2-5-16(6-3-1)21-13-22-19-11-17-14-7-4-8-15(10-9-14)18(17)12-20(19)23-21/h1-3,5-6,11-15H,4,7-10H2. The van der Waals surface area contributed by atoms with Crippen LogP contribution in [0.15, 0.2) is 48.7 Å². The number of fused-ring (bicyclic) bond motifs is 4. The van der Waals surface area contributed by atoms with Crippen LogP contribution in [-0.4, -0.2) is 9.97 Å². The molecule has 0 radical (unpaired) electrons. The fourth-order valence-electron chi connectivity index (χ4n) is 4.47. The molecule has 0 saturated heterocycles. The fraction of sp³-hybridized carbons (Fsp3) is 0.333. The molecule has 2 aromatic carbocycles. The average molecular weight is 300 g/mol. The maximum absolute atomic E-state index is 4.91. The lowest BCUT2D eigenvalue weighted by atomic mass is 9.78. The summed E-state index contributed by atoms with van der Waals surface area (Å²) >= 11 is 0. The molecular formula is C21H20N2. The molecule has 1 fully saturated rings. The quantitative estimate of drug-likeness (QED) is 0.598. The first kappa shape index (κ1) is 13.2.